The quantitative estimate of drug-likeness (QED) is 0.745. The molecule has 0 bridgehead atoms. The van der Waals surface area contributed by atoms with Gasteiger partial charge in [0, 0.05) is 0 Å². The Morgan fingerprint density at radius 3 is 2.73 bits per heavy atom. The summed E-state index contributed by atoms with van der Waals surface area (Å²) >= 11 is 5.89. The average molecular weight is 225 g/mol. The summed E-state index contributed by atoms with van der Waals surface area (Å²) in [7, 11) is 0. The number of carbonyl (C=O) groups is 1. The Morgan fingerprint density at radius 2 is 2.07 bits per heavy atom. The van der Waals surface area contributed by atoms with Crippen molar-refractivity contribution < 1.29 is 9.90 Å². The second-order valence-electron chi connectivity index (χ2n) is 3.98. The van der Waals surface area contributed by atoms with Crippen molar-refractivity contribution in [2.24, 2.45) is 0 Å². The lowest BCUT2D eigenvalue weighted by atomic mass is 9.86. The fourth-order valence-electron chi connectivity index (χ4n) is 2.24. The van der Waals surface area contributed by atoms with Crippen molar-refractivity contribution in [1.82, 2.24) is 0 Å². The first-order chi connectivity index (χ1) is 7.11. The Hall–Kier alpha value is -1.02. The highest BCUT2D eigenvalue weighted by molar-refractivity contribution is 6.32. The third kappa shape index (κ3) is 1.74. The van der Waals surface area contributed by atoms with Gasteiger partial charge in [-0.2, -0.15) is 0 Å². The van der Waals surface area contributed by atoms with Gasteiger partial charge in [0.15, 0.2) is 5.78 Å². The first kappa shape index (κ1) is 10.5. The molecule has 0 spiro atoms. The van der Waals surface area contributed by atoms with Crippen molar-refractivity contribution in [3.63, 3.8) is 0 Å². The predicted molar refractivity (Wildman–Crippen MR) is 59.8 cm³/mol. The van der Waals surface area contributed by atoms with E-state index in [9.17, 15) is 9.90 Å². The minimum absolute atomic E-state index is 0.0511. The van der Waals surface area contributed by atoms with E-state index in [1.807, 2.05) is 0 Å². The number of rotatable bonds is 1. The molecule has 15 heavy (non-hydrogen) atoms. The van der Waals surface area contributed by atoms with E-state index >= 15 is 0 Å². The molecular formula is C12H13ClO2. The lowest BCUT2D eigenvalue weighted by Gasteiger charge is -2.19. The first-order valence-electron chi connectivity index (χ1n) is 5.15. The van der Waals surface area contributed by atoms with E-state index < -0.39 is 0 Å². The van der Waals surface area contributed by atoms with E-state index in [2.05, 4.69) is 0 Å². The van der Waals surface area contributed by atoms with Crippen LogP contribution in [-0.4, -0.2) is 10.9 Å². The number of aryl methyl sites for hydroxylation is 1. The Kier molecular flexibility index (Phi) is 2.70. The van der Waals surface area contributed by atoms with Gasteiger partial charge in [0.1, 0.15) is 5.75 Å². The van der Waals surface area contributed by atoms with E-state index in [1.165, 1.54) is 6.92 Å². The molecule has 0 atom stereocenters. The van der Waals surface area contributed by atoms with Crippen LogP contribution in [0.4, 0.5) is 0 Å². The van der Waals surface area contributed by atoms with Crippen LogP contribution in [0.15, 0.2) is 6.07 Å². The number of hydrogen-bond donors (Lipinski definition) is 1. The highest BCUT2D eigenvalue weighted by atomic mass is 35.5. The molecule has 0 heterocycles. The van der Waals surface area contributed by atoms with Crippen LogP contribution in [0.25, 0.3) is 0 Å². The van der Waals surface area contributed by atoms with Gasteiger partial charge in [0.2, 0.25) is 0 Å². The Balaban J connectivity index is 2.68. The number of benzene rings is 1. The molecule has 0 fully saturated rings. The number of ketones is 1. The van der Waals surface area contributed by atoms with Crippen molar-refractivity contribution in [2.75, 3.05) is 0 Å². The van der Waals surface area contributed by atoms with Crippen LogP contribution in [-0.2, 0) is 12.8 Å². The normalized spacial score (nSPS) is 14.8. The van der Waals surface area contributed by atoms with E-state index in [0.29, 0.717) is 10.6 Å². The van der Waals surface area contributed by atoms with Gasteiger partial charge >= 0.3 is 0 Å². The molecule has 0 aliphatic heterocycles. The first-order valence-corrected chi connectivity index (χ1v) is 5.53. The molecule has 2 nitrogen and oxygen atoms in total. The molecule has 1 aromatic rings. The smallest absolute Gasteiger partial charge is 0.163 e. The summed E-state index contributed by atoms with van der Waals surface area (Å²) in [4.78, 5) is 11.5. The van der Waals surface area contributed by atoms with Gasteiger partial charge in [0.25, 0.3) is 0 Å². The van der Waals surface area contributed by atoms with Crippen molar-refractivity contribution in [1.29, 1.82) is 0 Å². The maximum absolute atomic E-state index is 11.5. The number of aromatic hydroxyl groups is 1. The molecule has 0 saturated heterocycles. The van der Waals surface area contributed by atoms with Crippen LogP contribution < -0.4 is 0 Å². The van der Waals surface area contributed by atoms with Gasteiger partial charge in [-0.1, -0.05) is 11.6 Å². The predicted octanol–water partition coefficient (Wildman–Crippen LogP) is 3.13. The third-order valence-electron chi connectivity index (χ3n) is 2.93. The van der Waals surface area contributed by atoms with Crippen LogP contribution in [0.5, 0.6) is 5.75 Å². The molecule has 0 amide bonds. The summed E-state index contributed by atoms with van der Waals surface area (Å²) in [5, 5.41) is 10.1. The second-order valence-corrected chi connectivity index (χ2v) is 4.39. The van der Waals surface area contributed by atoms with Crippen LogP contribution in [0.1, 0.15) is 41.3 Å². The molecule has 1 N–H and O–H groups in total. The standard InChI is InChI=1S/C12H13ClO2/c1-7(14)11-9-5-3-2-4-8(9)6-10(13)12(11)15/h6,15H,2-5H2,1H3. The van der Waals surface area contributed by atoms with Gasteiger partial charge in [-0.05, 0) is 49.8 Å². The topological polar surface area (TPSA) is 37.3 Å². The monoisotopic (exact) mass is 224 g/mol. The maximum Gasteiger partial charge on any atom is 0.163 e. The number of phenolic OH excluding ortho intramolecular Hbond substituents is 1. The molecule has 0 radical (unpaired) electrons. The fraction of sp³-hybridized carbons (Fsp3) is 0.417. The van der Waals surface area contributed by atoms with Gasteiger partial charge in [0.05, 0.1) is 10.6 Å². The largest absolute Gasteiger partial charge is 0.506 e. The summed E-state index contributed by atoms with van der Waals surface area (Å²) < 4.78 is 0. The number of halogens is 1. The van der Waals surface area contributed by atoms with Crippen molar-refractivity contribution in [3.8, 4) is 5.75 Å². The second kappa shape index (κ2) is 3.86. The van der Waals surface area contributed by atoms with Gasteiger partial charge in [-0.15, -0.1) is 0 Å². The lowest BCUT2D eigenvalue weighted by Crippen LogP contribution is -2.09. The Morgan fingerprint density at radius 1 is 1.40 bits per heavy atom. The minimum Gasteiger partial charge on any atom is -0.506 e. The van der Waals surface area contributed by atoms with Gasteiger partial charge in [-0.3, -0.25) is 4.79 Å². The SMILES string of the molecule is CC(=O)c1c(O)c(Cl)cc2c1CCCC2. The molecule has 80 valence electrons. The molecule has 1 aliphatic carbocycles. The zero-order valence-corrected chi connectivity index (χ0v) is 9.40. The zero-order valence-electron chi connectivity index (χ0n) is 8.64. The van der Waals surface area contributed by atoms with Crippen LogP contribution in [0.3, 0.4) is 0 Å². The molecule has 3 heteroatoms. The van der Waals surface area contributed by atoms with Gasteiger partial charge < -0.3 is 5.11 Å². The summed E-state index contributed by atoms with van der Waals surface area (Å²) in [6.45, 7) is 1.47. The highest BCUT2D eigenvalue weighted by Gasteiger charge is 2.21. The Labute approximate surface area is 93.9 Å². The van der Waals surface area contributed by atoms with E-state index in [1.54, 1.807) is 6.07 Å². The highest BCUT2D eigenvalue weighted by Crippen LogP contribution is 2.36. The molecule has 0 unspecified atom stereocenters. The molecular weight excluding hydrogens is 212 g/mol. The van der Waals surface area contributed by atoms with Crippen molar-refractivity contribution in [2.45, 2.75) is 32.6 Å². The summed E-state index contributed by atoms with van der Waals surface area (Å²) in [6, 6.07) is 1.79. The zero-order chi connectivity index (χ0) is 11.0. The van der Waals surface area contributed by atoms with Crippen LogP contribution >= 0.6 is 11.6 Å². The average Bonchev–Trinajstić information content (AvgIpc) is 2.19. The number of phenols is 1. The van der Waals surface area contributed by atoms with Crippen LogP contribution in [0, 0.1) is 0 Å². The molecule has 2 rings (SSSR count). The van der Waals surface area contributed by atoms with Crippen LogP contribution in [0.2, 0.25) is 5.02 Å². The maximum atomic E-state index is 11.5. The van der Waals surface area contributed by atoms with Crippen molar-refractivity contribution >= 4 is 17.4 Å². The number of hydrogen-bond acceptors (Lipinski definition) is 2. The number of carbonyl (C=O) groups excluding carboxylic acids is 1. The van der Waals surface area contributed by atoms with E-state index in [-0.39, 0.29) is 11.5 Å². The Bertz CT molecular complexity index is 424. The summed E-state index contributed by atoms with van der Waals surface area (Å²) in [5.41, 5.74) is 2.54. The minimum atomic E-state index is -0.104. The molecule has 0 aromatic heterocycles. The number of Topliss-reactive ketones (excluding diaryl/α,β-unsaturated/α-hetero) is 1. The molecule has 1 aliphatic rings. The van der Waals surface area contributed by atoms with E-state index in [0.717, 1.165) is 36.8 Å². The van der Waals surface area contributed by atoms with Gasteiger partial charge in [-0.25, -0.2) is 0 Å². The third-order valence-corrected chi connectivity index (χ3v) is 3.22. The van der Waals surface area contributed by atoms with E-state index in [4.69, 9.17) is 11.6 Å². The summed E-state index contributed by atoms with van der Waals surface area (Å²) in [6.07, 6.45) is 4.03. The molecule has 1 aromatic carbocycles. The number of fused-ring (bicyclic) bond motifs is 1. The molecule has 0 saturated carbocycles. The van der Waals surface area contributed by atoms with Crippen molar-refractivity contribution in [3.05, 3.63) is 27.8 Å². The summed E-state index contributed by atoms with van der Waals surface area (Å²) in [5.74, 6) is -0.155. The lowest BCUT2D eigenvalue weighted by molar-refractivity contribution is 0.101. The fourth-order valence-corrected chi connectivity index (χ4v) is 2.46.